The van der Waals surface area contributed by atoms with Crippen molar-refractivity contribution in [3.63, 3.8) is 0 Å². The lowest BCUT2D eigenvalue weighted by molar-refractivity contribution is -0.117. The van der Waals surface area contributed by atoms with Crippen LogP contribution < -0.4 is 10.6 Å². The third kappa shape index (κ3) is 6.42. The maximum Gasteiger partial charge on any atom is 0.244 e. The van der Waals surface area contributed by atoms with Crippen molar-refractivity contribution in [2.45, 2.75) is 53.6 Å². The Kier molecular flexibility index (Phi) is 7.83. The number of anilines is 1. The highest BCUT2D eigenvalue weighted by Crippen LogP contribution is 2.18. The van der Waals surface area contributed by atoms with Gasteiger partial charge in [0.25, 0.3) is 0 Å². The van der Waals surface area contributed by atoms with Gasteiger partial charge in [-0.05, 0) is 57.0 Å². The summed E-state index contributed by atoms with van der Waals surface area (Å²) >= 11 is 0. The molecule has 6 heteroatoms. The van der Waals surface area contributed by atoms with E-state index in [1.807, 2.05) is 62.7 Å². The second-order valence-corrected chi connectivity index (χ2v) is 8.32. The highest BCUT2D eigenvalue weighted by Gasteiger charge is 2.12. The number of hydrogen-bond donors (Lipinski definition) is 2. The van der Waals surface area contributed by atoms with Crippen molar-refractivity contribution in [3.8, 4) is 0 Å². The van der Waals surface area contributed by atoms with Crippen LogP contribution in [0.4, 0.5) is 5.69 Å². The van der Waals surface area contributed by atoms with Crippen molar-refractivity contribution in [2.24, 2.45) is 0 Å². The minimum atomic E-state index is -0.170. The van der Waals surface area contributed by atoms with Crippen LogP contribution in [0.25, 0.3) is 6.08 Å². The smallest absolute Gasteiger partial charge is 0.244 e. The van der Waals surface area contributed by atoms with Crippen molar-refractivity contribution in [2.75, 3.05) is 5.32 Å². The van der Waals surface area contributed by atoms with Crippen LogP contribution in [0.15, 0.2) is 54.6 Å². The Hall–Kier alpha value is -3.67. The molecule has 0 aliphatic rings. The molecule has 0 aliphatic carbocycles. The topological polar surface area (TPSA) is 76.0 Å². The summed E-state index contributed by atoms with van der Waals surface area (Å²) in [4.78, 5) is 24.0. The van der Waals surface area contributed by atoms with Crippen molar-refractivity contribution in [1.29, 1.82) is 0 Å². The first kappa shape index (κ1) is 24.0. The van der Waals surface area contributed by atoms with E-state index in [9.17, 15) is 9.59 Å². The molecule has 1 heterocycles. The molecule has 2 N–H and O–H groups in total. The third-order valence-corrected chi connectivity index (χ3v) is 5.67. The number of nitrogens with zero attached hydrogens (tertiary/aromatic N) is 2. The van der Waals surface area contributed by atoms with E-state index in [2.05, 4.69) is 46.9 Å². The van der Waals surface area contributed by atoms with E-state index < -0.39 is 0 Å². The van der Waals surface area contributed by atoms with E-state index in [0.717, 1.165) is 28.2 Å². The Morgan fingerprint density at radius 1 is 1.03 bits per heavy atom. The molecular weight excluding hydrogens is 412 g/mol. The van der Waals surface area contributed by atoms with Crippen molar-refractivity contribution < 1.29 is 9.59 Å². The molecule has 3 rings (SSSR count). The maximum atomic E-state index is 12.5. The summed E-state index contributed by atoms with van der Waals surface area (Å²) in [6.45, 7) is 10.5. The van der Waals surface area contributed by atoms with Gasteiger partial charge in [0.15, 0.2) is 0 Å². The summed E-state index contributed by atoms with van der Waals surface area (Å²) in [6.07, 6.45) is 3.82. The quantitative estimate of drug-likeness (QED) is 0.475. The van der Waals surface area contributed by atoms with Gasteiger partial charge in [-0.15, -0.1) is 0 Å². The van der Waals surface area contributed by atoms with Crippen molar-refractivity contribution in [1.82, 2.24) is 15.1 Å². The highest BCUT2D eigenvalue weighted by atomic mass is 16.2. The maximum absolute atomic E-state index is 12.5. The molecule has 0 radical (unpaired) electrons. The van der Waals surface area contributed by atoms with Crippen LogP contribution in [-0.4, -0.2) is 21.6 Å². The van der Waals surface area contributed by atoms with E-state index >= 15 is 0 Å². The zero-order valence-corrected chi connectivity index (χ0v) is 20.0. The lowest BCUT2D eigenvalue weighted by Crippen LogP contribution is -2.24. The van der Waals surface area contributed by atoms with Gasteiger partial charge in [0, 0.05) is 29.4 Å². The van der Waals surface area contributed by atoms with Gasteiger partial charge in [0.05, 0.1) is 18.3 Å². The monoisotopic (exact) mass is 444 g/mol. The average molecular weight is 445 g/mol. The molecule has 1 unspecified atom stereocenters. The molecule has 0 spiro atoms. The van der Waals surface area contributed by atoms with Gasteiger partial charge in [0.2, 0.25) is 11.8 Å². The minimum Gasteiger partial charge on any atom is -0.346 e. The highest BCUT2D eigenvalue weighted by molar-refractivity contribution is 5.92. The fourth-order valence-electron chi connectivity index (χ4n) is 3.58. The van der Waals surface area contributed by atoms with Crippen LogP contribution in [0.5, 0.6) is 0 Å². The number of carbonyl (C=O) groups is 2. The molecule has 172 valence electrons. The number of nitrogens with one attached hydrogen (secondary N) is 2. The lowest BCUT2D eigenvalue weighted by Gasteiger charge is -2.14. The second kappa shape index (κ2) is 10.8. The fourth-order valence-corrected chi connectivity index (χ4v) is 3.58. The number of aromatic nitrogens is 2. The Morgan fingerprint density at radius 3 is 2.33 bits per heavy atom. The van der Waals surface area contributed by atoms with Gasteiger partial charge in [-0.2, -0.15) is 5.10 Å². The van der Waals surface area contributed by atoms with Gasteiger partial charge >= 0.3 is 0 Å². The zero-order valence-electron chi connectivity index (χ0n) is 20.0. The van der Waals surface area contributed by atoms with Crippen molar-refractivity contribution >= 4 is 23.6 Å². The first-order chi connectivity index (χ1) is 15.8. The Bertz CT molecular complexity index is 1140. The summed E-state index contributed by atoms with van der Waals surface area (Å²) in [5.74, 6) is -0.196. The van der Waals surface area contributed by atoms with E-state index in [1.54, 1.807) is 6.08 Å². The van der Waals surface area contributed by atoms with Crippen LogP contribution in [-0.2, 0) is 16.1 Å². The number of rotatable bonds is 8. The van der Waals surface area contributed by atoms with Crippen LogP contribution in [0.2, 0.25) is 0 Å². The first-order valence-corrected chi connectivity index (χ1v) is 11.2. The summed E-state index contributed by atoms with van der Waals surface area (Å²) in [5.41, 5.74) is 7.00. The Balaban J connectivity index is 1.62. The molecule has 0 saturated carbocycles. The predicted octanol–water partition coefficient (Wildman–Crippen LogP) is 5.10. The molecule has 0 fully saturated rings. The lowest BCUT2D eigenvalue weighted by atomic mass is 10.1. The number of aryl methyl sites for hydroxylation is 2. The first-order valence-electron chi connectivity index (χ1n) is 11.2. The molecule has 2 aromatic carbocycles. The fraction of sp³-hybridized carbons (Fsp3) is 0.296. The normalized spacial score (nSPS) is 12.0. The van der Waals surface area contributed by atoms with Gasteiger partial charge < -0.3 is 10.6 Å². The standard InChI is InChI=1S/C27H32N4O2/c1-6-26(32)29-24-13-11-23(12-14-24)19(3)28-27(33)16-15-25-20(4)30-31(21(25)5)17-22-9-7-18(2)8-10-22/h7-16,19H,6,17H2,1-5H3,(H,28,33)(H,29,32)/b16-15+. The Labute approximate surface area is 195 Å². The molecule has 0 aliphatic heterocycles. The zero-order chi connectivity index (χ0) is 24.0. The molecule has 6 nitrogen and oxygen atoms in total. The van der Waals surface area contributed by atoms with Crippen molar-refractivity contribution in [3.05, 3.63) is 88.2 Å². The minimum absolute atomic E-state index is 0.0259. The van der Waals surface area contributed by atoms with Gasteiger partial charge in [-0.3, -0.25) is 14.3 Å². The molecule has 2 amide bonds. The van der Waals surface area contributed by atoms with Crippen LogP contribution in [0, 0.1) is 20.8 Å². The third-order valence-electron chi connectivity index (χ3n) is 5.67. The largest absolute Gasteiger partial charge is 0.346 e. The molecule has 1 atom stereocenters. The summed E-state index contributed by atoms with van der Waals surface area (Å²) in [7, 11) is 0. The van der Waals surface area contributed by atoms with E-state index in [-0.39, 0.29) is 17.9 Å². The predicted molar refractivity (Wildman–Crippen MR) is 133 cm³/mol. The van der Waals surface area contributed by atoms with Gasteiger partial charge in [-0.25, -0.2) is 0 Å². The summed E-state index contributed by atoms with van der Waals surface area (Å²) in [5, 5.41) is 10.5. The molecule has 3 aromatic rings. The summed E-state index contributed by atoms with van der Waals surface area (Å²) < 4.78 is 1.97. The summed E-state index contributed by atoms with van der Waals surface area (Å²) in [6, 6.07) is 15.8. The SMILES string of the molecule is CCC(=O)Nc1ccc(C(C)NC(=O)/C=C/c2c(C)nn(Cc3ccc(C)cc3)c2C)cc1. The van der Waals surface area contributed by atoms with E-state index in [0.29, 0.717) is 13.0 Å². The molecule has 0 bridgehead atoms. The number of carbonyl (C=O) groups excluding carboxylic acids is 2. The van der Waals surface area contributed by atoms with E-state index in [4.69, 9.17) is 0 Å². The molecule has 0 saturated heterocycles. The molecule has 33 heavy (non-hydrogen) atoms. The molecular formula is C27H32N4O2. The van der Waals surface area contributed by atoms with Gasteiger partial charge in [0.1, 0.15) is 0 Å². The van der Waals surface area contributed by atoms with Crippen LogP contribution in [0.1, 0.15) is 60.0 Å². The Morgan fingerprint density at radius 2 is 1.70 bits per heavy atom. The van der Waals surface area contributed by atoms with E-state index in [1.165, 1.54) is 11.1 Å². The number of hydrogen-bond acceptors (Lipinski definition) is 3. The number of benzene rings is 2. The average Bonchev–Trinajstić information content (AvgIpc) is 3.06. The molecule has 1 aromatic heterocycles. The number of amides is 2. The van der Waals surface area contributed by atoms with Crippen LogP contribution in [0.3, 0.4) is 0 Å². The van der Waals surface area contributed by atoms with Gasteiger partial charge in [-0.1, -0.05) is 48.9 Å². The van der Waals surface area contributed by atoms with Crippen LogP contribution >= 0.6 is 0 Å². The second-order valence-electron chi connectivity index (χ2n) is 8.32.